The highest BCUT2D eigenvalue weighted by Crippen LogP contribution is 2.21. The lowest BCUT2D eigenvalue weighted by Crippen LogP contribution is -2.18. The molecule has 112 valence electrons. The lowest BCUT2D eigenvalue weighted by molar-refractivity contribution is 0.0843. The fraction of sp³-hybridized carbons (Fsp3) is 0.167. The van der Waals surface area contributed by atoms with Crippen molar-refractivity contribution in [3.8, 4) is 5.75 Å². The van der Waals surface area contributed by atoms with Gasteiger partial charge < -0.3 is 9.84 Å². The van der Waals surface area contributed by atoms with Crippen LogP contribution in [0, 0.1) is 6.92 Å². The Bertz CT molecular complexity index is 803. The normalized spacial score (nSPS) is 10.8. The van der Waals surface area contributed by atoms with Crippen LogP contribution in [0.5, 0.6) is 5.75 Å². The van der Waals surface area contributed by atoms with Crippen molar-refractivity contribution in [1.29, 1.82) is 0 Å². The van der Waals surface area contributed by atoms with Crippen LogP contribution in [0.25, 0.3) is 10.9 Å². The Hall–Kier alpha value is -2.59. The zero-order valence-corrected chi connectivity index (χ0v) is 12.3. The van der Waals surface area contributed by atoms with E-state index in [1.54, 1.807) is 6.20 Å². The van der Waals surface area contributed by atoms with Crippen molar-refractivity contribution >= 4 is 16.8 Å². The first-order valence-corrected chi connectivity index (χ1v) is 7.11. The minimum atomic E-state index is -0.170. The smallest absolute Gasteiger partial charge is 0.268 e. The quantitative estimate of drug-likeness (QED) is 0.804. The first-order valence-electron chi connectivity index (χ1n) is 7.11. The summed E-state index contributed by atoms with van der Waals surface area (Å²) in [4.78, 5) is 12.4. The fourth-order valence-corrected chi connectivity index (χ4v) is 2.43. The van der Waals surface area contributed by atoms with Crippen molar-refractivity contribution in [2.45, 2.75) is 13.5 Å². The van der Waals surface area contributed by atoms with E-state index >= 15 is 0 Å². The first kappa shape index (κ1) is 14.4. The number of carbonyl (C=O) groups excluding carboxylic acids is 1. The van der Waals surface area contributed by atoms with Crippen LogP contribution in [0.4, 0.5) is 0 Å². The highest BCUT2D eigenvalue weighted by Gasteiger charge is 2.13. The van der Waals surface area contributed by atoms with Crippen molar-refractivity contribution in [3.63, 3.8) is 0 Å². The zero-order chi connectivity index (χ0) is 15.5. The van der Waals surface area contributed by atoms with Gasteiger partial charge in [-0.3, -0.25) is 9.36 Å². The van der Waals surface area contributed by atoms with Gasteiger partial charge in [-0.15, -0.1) is 0 Å². The molecule has 0 aliphatic rings. The number of aryl methyl sites for hydroxylation is 1. The van der Waals surface area contributed by atoms with Gasteiger partial charge in [-0.1, -0.05) is 35.9 Å². The van der Waals surface area contributed by atoms with E-state index in [2.05, 4.69) is 0 Å². The highest BCUT2D eigenvalue weighted by atomic mass is 16.5. The van der Waals surface area contributed by atoms with E-state index in [1.165, 1.54) is 4.57 Å². The summed E-state index contributed by atoms with van der Waals surface area (Å²) in [6.07, 6.45) is 1.67. The van der Waals surface area contributed by atoms with Crippen molar-refractivity contribution < 1.29 is 14.6 Å². The predicted molar refractivity (Wildman–Crippen MR) is 85.2 cm³/mol. The van der Waals surface area contributed by atoms with Gasteiger partial charge >= 0.3 is 0 Å². The Morgan fingerprint density at radius 2 is 1.86 bits per heavy atom. The molecule has 0 spiro atoms. The highest BCUT2D eigenvalue weighted by molar-refractivity contribution is 5.95. The van der Waals surface area contributed by atoms with E-state index in [9.17, 15) is 9.90 Å². The summed E-state index contributed by atoms with van der Waals surface area (Å²) >= 11 is 0. The Morgan fingerprint density at radius 3 is 2.59 bits per heavy atom. The SMILES string of the molecule is Cc1ccc(OCC(=O)n2cc(CO)c3ccccc32)cc1. The molecule has 0 unspecified atom stereocenters. The summed E-state index contributed by atoms with van der Waals surface area (Å²) in [5.41, 5.74) is 2.66. The number of rotatable bonds is 4. The Kier molecular flexibility index (Phi) is 3.94. The molecule has 0 radical (unpaired) electrons. The van der Waals surface area contributed by atoms with Crippen molar-refractivity contribution in [3.05, 3.63) is 65.9 Å². The maximum absolute atomic E-state index is 12.4. The number of hydrogen-bond donors (Lipinski definition) is 1. The number of benzene rings is 2. The van der Waals surface area contributed by atoms with Crippen LogP contribution in [0.2, 0.25) is 0 Å². The van der Waals surface area contributed by atoms with Gasteiger partial charge in [-0.05, 0) is 25.1 Å². The van der Waals surface area contributed by atoms with Crippen molar-refractivity contribution in [2.24, 2.45) is 0 Å². The van der Waals surface area contributed by atoms with Gasteiger partial charge in [-0.2, -0.15) is 0 Å². The Labute approximate surface area is 128 Å². The molecule has 3 rings (SSSR count). The van der Waals surface area contributed by atoms with E-state index in [-0.39, 0.29) is 19.1 Å². The summed E-state index contributed by atoms with van der Waals surface area (Å²) in [6.45, 7) is 1.85. The first-order chi connectivity index (χ1) is 10.7. The molecular formula is C18H17NO3. The van der Waals surface area contributed by atoms with E-state index in [1.807, 2.05) is 55.5 Å². The Morgan fingerprint density at radius 1 is 1.14 bits per heavy atom. The lowest BCUT2D eigenvalue weighted by atomic mass is 10.2. The molecule has 1 aromatic heterocycles. The van der Waals surface area contributed by atoms with Gasteiger partial charge in [0.1, 0.15) is 5.75 Å². The zero-order valence-electron chi connectivity index (χ0n) is 12.3. The average Bonchev–Trinajstić information content (AvgIpc) is 2.93. The molecule has 0 atom stereocenters. The van der Waals surface area contributed by atoms with Crippen LogP contribution in [0.3, 0.4) is 0 Å². The largest absolute Gasteiger partial charge is 0.484 e. The molecule has 0 aliphatic carbocycles. The third-order valence-electron chi connectivity index (χ3n) is 3.62. The molecule has 3 aromatic rings. The average molecular weight is 295 g/mol. The maximum Gasteiger partial charge on any atom is 0.268 e. The monoisotopic (exact) mass is 295 g/mol. The molecule has 4 heteroatoms. The van der Waals surface area contributed by atoms with Gasteiger partial charge in [0.15, 0.2) is 6.61 Å². The molecule has 4 nitrogen and oxygen atoms in total. The number of ether oxygens (including phenoxy) is 1. The second-order valence-electron chi connectivity index (χ2n) is 5.20. The number of aliphatic hydroxyl groups excluding tert-OH is 1. The maximum atomic E-state index is 12.4. The molecule has 1 N–H and O–H groups in total. The lowest BCUT2D eigenvalue weighted by Gasteiger charge is -2.07. The van der Waals surface area contributed by atoms with E-state index in [4.69, 9.17) is 4.74 Å². The minimum absolute atomic E-state index is 0.0490. The summed E-state index contributed by atoms with van der Waals surface area (Å²) in [7, 11) is 0. The summed E-state index contributed by atoms with van der Waals surface area (Å²) in [5.74, 6) is 0.495. The number of aliphatic hydroxyl groups is 1. The van der Waals surface area contributed by atoms with Crippen LogP contribution in [-0.2, 0) is 6.61 Å². The van der Waals surface area contributed by atoms with Crippen LogP contribution in [0.15, 0.2) is 54.7 Å². The van der Waals surface area contributed by atoms with Crippen LogP contribution >= 0.6 is 0 Å². The van der Waals surface area contributed by atoms with Gasteiger partial charge in [-0.25, -0.2) is 0 Å². The summed E-state index contributed by atoms with van der Waals surface area (Å²) < 4.78 is 7.07. The van der Waals surface area contributed by atoms with Crippen LogP contribution in [0.1, 0.15) is 15.9 Å². The summed E-state index contributed by atoms with van der Waals surface area (Å²) in [6, 6.07) is 15.1. The summed E-state index contributed by atoms with van der Waals surface area (Å²) in [5, 5.41) is 10.3. The van der Waals surface area contributed by atoms with Gasteiger partial charge in [0.05, 0.1) is 12.1 Å². The molecule has 0 fully saturated rings. The number of para-hydroxylation sites is 1. The predicted octanol–water partition coefficient (Wildman–Crippen LogP) is 3.16. The molecule has 0 saturated carbocycles. The Balaban J connectivity index is 1.82. The molecule has 0 saturated heterocycles. The standard InChI is InChI=1S/C18H17NO3/c1-13-6-8-15(9-7-13)22-12-18(21)19-10-14(11-20)16-4-2-3-5-17(16)19/h2-10,20H,11-12H2,1H3. The number of carbonyl (C=O) groups is 1. The van der Waals surface area contributed by atoms with Gasteiger partial charge in [0, 0.05) is 17.1 Å². The van der Waals surface area contributed by atoms with Crippen LogP contribution in [-0.4, -0.2) is 22.2 Å². The van der Waals surface area contributed by atoms with Crippen LogP contribution < -0.4 is 4.74 Å². The molecule has 1 heterocycles. The topological polar surface area (TPSA) is 51.5 Å². The second-order valence-corrected chi connectivity index (χ2v) is 5.20. The molecule has 0 amide bonds. The van der Waals surface area contributed by atoms with Gasteiger partial charge in [0.2, 0.25) is 0 Å². The second kappa shape index (κ2) is 6.03. The third kappa shape index (κ3) is 2.73. The number of hydrogen-bond acceptors (Lipinski definition) is 3. The van der Waals surface area contributed by atoms with E-state index in [0.717, 1.165) is 22.0 Å². The fourth-order valence-electron chi connectivity index (χ4n) is 2.43. The molecule has 2 aromatic carbocycles. The van der Waals surface area contributed by atoms with Crippen molar-refractivity contribution in [1.82, 2.24) is 4.57 Å². The number of fused-ring (bicyclic) bond motifs is 1. The molecule has 0 aliphatic heterocycles. The minimum Gasteiger partial charge on any atom is -0.484 e. The number of aromatic nitrogens is 1. The van der Waals surface area contributed by atoms with E-state index in [0.29, 0.717) is 5.75 Å². The third-order valence-corrected chi connectivity index (χ3v) is 3.62. The van der Waals surface area contributed by atoms with Gasteiger partial charge in [0.25, 0.3) is 5.91 Å². The molecular weight excluding hydrogens is 278 g/mol. The van der Waals surface area contributed by atoms with Crippen molar-refractivity contribution in [2.75, 3.05) is 6.61 Å². The number of nitrogens with zero attached hydrogens (tertiary/aromatic N) is 1. The van der Waals surface area contributed by atoms with E-state index < -0.39 is 0 Å². The molecule has 0 bridgehead atoms. The molecule has 22 heavy (non-hydrogen) atoms.